The van der Waals surface area contributed by atoms with Crippen LogP contribution in [-0.2, 0) is 6.54 Å². The zero-order valence-corrected chi connectivity index (χ0v) is 18.7. The van der Waals surface area contributed by atoms with Gasteiger partial charge in [0, 0.05) is 25.0 Å². The third-order valence-electron chi connectivity index (χ3n) is 5.42. The summed E-state index contributed by atoms with van der Waals surface area (Å²) in [4.78, 5) is 9.10. The molecular formula is C22H33N7O2. The Balaban J connectivity index is 2.05. The first kappa shape index (κ1) is 23.0. The number of nitrogens with two attached hydrogens (primary N) is 2. The van der Waals surface area contributed by atoms with Crippen LogP contribution in [0.1, 0.15) is 58.1 Å². The second-order valence-corrected chi connectivity index (χ2v) is 8.69. The number of piperidine rings is 1. The molecule has 3 rings (SSSR count). The lowest BCUT2D eigenvalue weighted by molar-refractivity contribution is 0.143. The van der Waals surface area contributed by atoms with E-state index in [2.05, 4.69) is 34.0 Å². The maximum absolute atomic E-state index is 10.00. The van der Waals surface area contributed by atoms with Crippen LogP contribution < -0.4 is 21.5 Å². The van der Waals surface area contributed by atoms with Crippen molar-refractivity contribution in [2.24, 2.45) is 17.4 Å². The first-order valence-corrected chi connectivity index (χ1v) is 10.7. The van der Waals surface area contributed by atoms with Gasteiger partial charge in [0.2, 0.25) is 0 Å². The van der Waals surface area contributed by atoms with Gasteiger partial charge in [-0.25, -0.2) is 9.97 Å². The maximum Gasteiger partial charge on any atom is 0.163 e. The summed E-state index contributed by atoms with van der Waals surface area (Å²) in [5.41, 5.74) is 12.3. The number of ether oxygens (including phenoxy) is 1. The van der Waals surface area contributed by atoms with E-state index in [1.807, 2.05) is 11.5 Å². The molecule has 2 aromatic heterocycles. The third-order valence-corrected chi connectivity index (χ3v) is 5.42. The number of rotatable bonds is 6. The van der Waals surface area contributed by atoms with Gasteiger partial charge in [-0.15, -0.1) is 0 Å². The van der Waals surface area contributed by atoms with Crippen molar-refractivity contribution in [2.75, 3.05) is 13.2 Å². The number of aromatic nitrogens is 3. The molecule has 168 valence electrons. The Morgan fingerprint density at radius 2 is 2.23 bits per heavy atom. The summed E-state index contributed by atoms with van der Waals surface area (Å²) >= 11 is 0. The van der Waals surface area contributed by atoms with E-state index in [1.165, 1.54) is 0 Å². The highest BCUT2D eigenvalue weighted by Gasteiger charge is 2.24. The van der Waals surface area contributed by atoms with Crippen molar-refractivity contribution in [2.45, 2.75) is 64.8 Å². The Labute approximate surface area is 183 Å². The van der Waals surface area contributed by atoms with Crippen molar-refractivity contribution in [3.8, 4) is 17.6 Å². The molecule has 0 saturated carbocycles. The van der Waals surface area contributed by atoms with Crippen LogP contribution in [0.3, 0.4) is 0 Å². The van der Waals surface area contributed by atoms with E-state index in [0.717, 1.165) is 24.9 Å². The predicted molar refractivity (Wildman–Crippen MR) is 121 cm³/mol. The Morgan fingerprint density at radius 3 is 2.81 bits per heavy atom. The molecule has 1 aliphatic heterocycles. The molecule has 2 aromatic rings. The molecule has 7 N–H and O–H groups in total. The van der Waals surface area contributed by atoms with Crippen molar-refractivity contribution in [3.05, 3.63) is 17.7 Å². The van der Waals surface area contributed by atoms with Crippen LogP contribution in [0, 0.1) is 23.2 Å². The number of aliphatic hydroxyl groups is 1. The van der Waals surface area contributed by atoms with Crippen LogP contribution in [0.4, 0.5) is 0 Å². The van der Waals surface area contributed by atoms with Crippen LogP contribution in [0.25, 0.3) is 11.0 Å². The fourth-order valence-electron chi connectivity index (χ4n) is 3.64. The number of aryl methyl sites for hydroxylation is 1. The molecule has 0 aromatic carbocycles. The van der Waals surface area contributed by atoms with Crippen molar-refractivity contribution in [1.29, 1.82) is 5.41 Å². The van der Waals surface area contributed by atoms with Gasteiger partial charge < -0.3 is 31.2 Å². The molecule has 1 saturated heterocycles. The molecule has 9 heteroatoms. The van der Waals surface area contributed by atoms with E-state index in [1.54, 1.807) is 20.0 Å². The Bertz CT molecular complexity index is 1000. The van der Waals surface area contributed by atoms with Crippen molar-refractivity contribution < 1.29 is 9.84 Å². The third kappa shape index (κ3) is 5.34. The highest BCUT2D eigenvalue weighted by molar-refractivity contribution is 5.89. The average Bonchev–Trinajstić information content (AvgIpc) is 3.10. The molecule has 0 spiro atoms. The molecule has 31 heavy (non-hydrogen) atoms. The lowest BCUT2D eigenvalue weighted by Gasteiger charge is -2.27. The first-order valence-electron chi connectivity index (χ1n) is 10.7. The summed E-state index contributed by atoms with van der Waals surface area (Å²) in [6, 6.07) is -0.310. The predicted octanol–water partition coefficient (Wildman–Crippen LogP) is 1.28. The average molecular weight is 428 g/mol. The monoisotopic (exact) mass is 427 g/mol. The van der Waals surface area contributed by atoms with Gasteiger partial charge in [-0.2, -0.15) is 0 Å². The second kappa shape index (κ2) is 9.22. The van der Waals surface area contributed by atoms with E-state index in [4.69, 9.17) is 21.6 Å². The quantitative estimate of drug-likeness (QED) is 0.265. The SMILES string of the molecule is CCn1c(C(N)C(=N)N)nc2c(C#CC(C)(C)O)ncc(OC[C@H]3CCC(C)NC3)c21. The van der Waals surface area contributed by atoms with E-state index in [0.29, 0.717) is 47.9 Å². The van der Waals surface area contributed by atoms with E-state index in [-0.39, 0.29) is 5.84 Å². The fraction of sp³-hybridized carbons (Fsp3) is 0.591. The number of hydrogen-bond donors (Lipinski definition) is 5. The molecule has 0 aliphatic carbocycles. The van der Waals surface area contributed by atoms with Crippen molar-refractivity contribution in [1.82, 2.24) is 19.9 Å². The van der Waals surface area contributed by atoms with E-state index >= 15 is 0 Å². The molecule has 2 unspecified atom stereocenters. The van der Waals surface area contributed by atoms with Gasteiger partial charge >= 0.3 is 0 Å². The van der Waals surface area contributed by atoms with Crippen LogP contribution in [0.5, 0.6) is 5.75 Å². The van der Waals surface area contributed by atoms with Gasteiger partial charge in [-0.3, -0.25) is 5.41 Å². The topological polar surface area (TPSA) is 148 Å². The summed E-state index contributed by atoms with van der Waals surface area (Å²) in [6.07, 6.45) is 3.87. The number of nitrogens with zero attached hydrogens (tertiary/aromatic N) is 3. The second-order valence-electron chi connectivity index (χ2n) is 8.69. The minimum absolute atomic E-state index is 0.174. The summed E-state index contributed by atoms with van der Waals surface area (Å²) in [6.45, 7) is 9.42. The van der Waals surface area contributed by atoms with Crippen molar-refractivity contribution in [3.63, 3.8) is 0 Å². The minimum Gasteiger partial charge on any atom is -0.489 e. The van der Waals surface area contributed by atoms with Crippen LogP contribution in [0.2, 0.25) is 0 Å². The Kier molecular flexibility index (Phi) is 6.84. The minimum atomic E-state index is -1.17. The zero-order valence-electron chi connectivity index (χ0n) is 18.7. The van der Waals surface area contributed by atoms with E-state index < -0.39 is 11.6 Å². The number of fused-ring (bicyclic) bond motifs is 1. The summed E-state index contributed by atoms with van der Waals surface area (Å²) < 4.78 is 8.10. The number of nitrogens with one attached hydrogen (secondary N) is 2. The lowest BCUT2D eigenvalue weighted by Crippen LogP contribution is -2.39. The molecule has 1 fully saturated rings. The van der Waals surface area contributed by atoms with Crippen LogP contribution in [-0.4, -0.2) is 50.3 Å². The first-order chi connectivity index (χ1) is 14.6. The van der Waals surface area contributed by atoms with Gasteiger partial charge in [-0.05, 0) is 46.5 Å². The highest BCUT2D eigenvalue weighted by Crippen LogP contribution is 2.30. The van der Waals surface area contributed by atoms with Crippen LogP contribution in [0.15, 0.2) is 6.20 Å². The molecular weight excluding hydrogens is 394 g/mol. The summed E-state index contributed by atoms with van der Waals surface area (Å²) in [5, 5.41) is 21.3. The van der Waals surface area contributed by atoms with Gasteiger partial charge in [0.05, 0.1) is 12.8 Å². The molecule has 0 bridgehead atoms. The molecule has 0 amide bonds. The number of hydrogen-bond acceptors (Lipinski definition) is 7. The highest BCUT2D eigenvalue weighted by atomic mass is 16.5. The van der Waals surface area contributed by atoms with Crippen LogP contribution >= 0.6 is 0 Å². The normalized spacial score (nSPS) is 20.2. The standard InChI is InChI=1S/C22H33N7O2/c1-5-29-19-16(31-12-14-7-6-13(2)26-10-14)11-27-15(8-9-22(3,4)30)18(19)28-21(29)17(23)20(24)25/h11,13-14,17,26,30H,5-7,10,12,23H2,1-4H3,(H3,24,25)/t13?,14-,17?/m0/s1. The number of pyridine rings is 1. The smallest absolute Gasteiger partial charge is 0.163 e. The summed E-state index contributed by atoms with van der Waals surface area (Å²) in [5.74, 6) is 7.00. The largest absolute Gasteiger partial charge is 0.489 e. The molecule has 9 nitrogen and oxygen atoms in total. The molecule has 0 radical (unpaired) electrons. The summed E-state index contributed by atoms with van der Waals surface area (Å²) in [7, 11) is 0. The number of amidine groups is 1. The number of imidazole rings is 1. The molecule has 1 aliphatic rings. The van der Waals surface area contributed by atoms with Gasteiger partial charge in [0.1, 0.15) is 40.0 Å². The molecule has 3 heterocycles. The van der Waals surface area contributed by atoms with Gasteiger partial charge in [0.25, 0.3) is 0 Å². The maximum atomic E-state index is 10.00. The Hall–Kier alpha value is -2.67. The fourth-order valence-corrected chi connectivity index (χ4v) is 3.64. The lowest BCUT2D eigenvalue weighted by atomic mass is 9.96. The van der Waals surface area contributed by atoms with Gasteiger partial charge in [0.15, 0.2) is 5.75 Å². The molecule has 3 atom stereocenters. The zero-order chi connectivity index (χ0) is 22.8. The van der Waals surface area contributed by atoms with Crippen molar-refractivity contribution >= 4 is 16.9 Å². The van der Waals surface area contributed by atoms with E-state index in [9.17, 15) is 5.11 Å². The van der Waals surface area contributed by atoms with Gasteiger partial charge in [-0.1, -0.05) is 5.92 Å². The Morgan fingerprint density at radius 1 is 1.48 bits per heavy atom.